The van der Waals surface area contributed by atoms with Gasteiger partial charge in [-0.1, -0.05) is 23.7 Å². The summed E-state index contributed by atoms with van der Waals surface area (Å²) < 4.78 is 32.2. The number of unbranched alkanes of at least 4 members (excludes halogenated alkanes) is 2. The van der Waals surface area contributed by atoms with Gasteiger partial charge in [-0.05, 0) is 24.6 Å². The number of fused-ring (bicyclic) bond motifs is 1. The molecule has 30 heavy (non-hydrogen) atoms. The van der Waals surface area contributed by atoms with E-state index in [0.717, 1.165) is 30.4 Å². The number of hydrogen-bond acceptors (Lipinski definition) is 6. The van der Waals surface area contributed by atoms with Crippen LogP contribution in [0.15, 0.2) is 24.3 Å². The van der Waals surface area contributed by atoms with E-state index in [1.807, 2.05) is 24.3 Å². The van der Waals surface area contributed by atoms with Gasteiger partial charge in [0, 0.05) is 30.0 Å². The highest BCUT2D eigenvalue weighted by Crippen LogP contribution is 2.41. The van der Waals surface area contributed by atoms with E-state index < -0.39 is 0 Å². The van der Waals surface area contributed by atoms with Crippen LogP contribution in [0.25, 0.3) is 0 Å². The zero-order valence-corrected chi connectivity index (χ0v) is 17.6. The van der Waals surface area contributed by atoms with E-state index in [0.29, 0.717) is 34.5 Å². The van der Waals surface area contributed by atoms with Gasteiger partial charge in [0.05, 0.1) is 28.4 Å². The van der Waals surface area contributed by atoms with E-state index in [1.54, 1.807) is 28.4 Å². The van der Waals surface area contributed by atoms with Gasteiger partial charge in [-0.3, -0.25) is 0 Å². The molecule has 6 nitrogen and oxygen atoms in total. The highest BCUT2D eigenvalue weighted by atomic mass is 16.7. The second-order valence-electron chi connectivity index (χ2n) is 6.28. The Kier molecular flexibility index (Phi) is 7.19. The average Bonchev–Trinajstić information content (AvgIpc) is 3.25. The third-order valence-electron chi connectivity index (χ3n) is 4.39. The van der Waals surface area contributed by atoms with Crippen LogP contribution < -0.4 is 28.4 Å². The molecular weight excluding hydrogens is 384 g/mol. The largest absolute Gasteiger partial charge is 0.493 e. The number of hydrogen-bond donors (Lipinski definition) is 0. The van der Waals surface area contributed by atoms with Crippen LogP contribution in [-0.4, -0.2) is 35.2 Å². The summed E-state index contributed by atoms with van der Waals surface area (Å²) in [5.41, 5.74) is 1.64. The van der Waals surface area contributed by atoms with Crippen molar-refractivity contribution in [2.24, 2.45) is 0 Å². The molecule has 0 saturated heterocycles. The molecule has 1 aliphatic rings. The van der Waals surface area contributed by atoms with Gasteiger partial charge in [-0.15, -0.1) is 0 Å². The Bertz CT molecular complexity index is 995. The Morgan fingerprint density at radius 3 is 1.87 bits per heavy atom. The highest BCUT2D eigenvalue weighted by molar-refractivity contribution is 5.58. The number of ether oxygens (including phenoxy) is 6. The number of benzene rings is 2. The van der Waals surface area contributed by atoms with Gasteiger partial charge >= 0.3 is 0 Å². The molecule has 3 rings (SSSR count). The first-order valence-electron chi connectivity index (χ1n) is 9.45. The lowest BCUT2D eigenvalue weighted by molar-refractivity contribution is 0.171. The molecule has 1 heterocycles. The van der Waals surface area contributed by atoms with Gasteiger partial charge in [-0.25, -0.2) is 0 Å². The number of methoxy groups -OCH3 is 4. The maximum Gasteiger partial charge on any atom is 0.231 e. The summed E-state index contributed by atoms with van der Waals surface area (Å²) in [5, 5.41) is 0. The molecule has 0 unspecified atom stereocenters. The molecular formula is C24H24O6. The van der Waals surface area contributed by atoms with Gasteiger partial charge in [0.15, 0.2) is 23.0 Å². The van der Waals surface area contributed by atoms with E-state index >= 15 is 0 Å². The van der Waals surface area contributed by atoms with E-state index in [9.17, 15) is 0 Å². The molecule has 0 amide bonds. The van der Waals surface area contributed by atoms with Crippen molar-refractivity contribution in [1.82, 2.24) is 0 Å². The molecule has 0 aromatic heterocycles. The molecule has 156 valence electrons. The molecule has 0 fully saturated rings. The first-order valence-corrected chi connectivity index (χ1v) is 9.45. The zero-order chi connectivity index (χ0) is 21.3. The van der Waals surface area contributed by atoms with Crippen LogP contribution in [0.5, 0.6) is 34.5 Å². The minimum absolute atomic E-state index is 0.202. The standard InChI is InChI=1S/C24H24O6/c1-25-19-12-17(13-20(26-2)23(19)28-4)10-8-6-5-7-9-11-18-14-21(27-3)24-22(15-18)29-16-30-24/h12-15H,5-7,16H2,1-4H3. The highest BCUT2D eigenvalue weighted by Gasteiger charge is 2.19. The maximum absolute atomic E-state index is 5.42. The third-order valence-corrected chi connectivity index (χ3v) is 4.39. The molecule has 0 bridgehead atoms. The lowest BCUT2D eigenvalue weighted by Crippen LogP contribution is -1.95. The average molecular weight is 408 g/mol. The SMILES string of the molecule is COc1cc(C#CCCCC#Cc2cc(OC)c3c(c2)OCO3)cc(OC)c1OC. The number of rotatable bonds is 6. The van der Waals surface area contributed by atoms with Crippen LogP contribution in [0, 0.1) is 23.7 Å². The lowest BCUT2D eigenvalue weighted by atomic mass is 10.1. The summed E-state index contributed by atoms with van der Waals surface area (Å²) in [6, 6.07) is 7.38. The molecule has 0 aliphatic carbocycles. The fraction of sp³-hybridized carbons (Fsp3) is 0.333. The fourth-order valence-electron chi connectivity index (χ4n) is 2.95. The summed E-state index contributed by atoms with van der Waals surface area (Å²) in [5.74, 6) is 16.3. The third kappa shape index (κ3) is 4.85. The van der Waals surface area contributed by atoms with Crippen LogP contribution in [0.1, 0.15) is 30.4 Å². The molecule has 0 radical (unpaired) electrons. The quantitative estimate of drug-likeness (QED) is 0.532. The topological polar surface area (TPSA) is 55.4 Å². The normalized spacial score (nSPS) is 10.9. The smallest absolute Gasteiger partial charge is 0.231 e. The van der Waals surface area contributed by atoms with Crippen LogP contribution >= 0.6 is 0 Å². The first kappa shape index (κ1) is 21.1. The second-order valence-corrected chi connectivity index (χ2v) is 6.28. The molecule has 6 heteroatoms. The molecule has 2 aromatic rings. The Balaban J connectivity index is 1.57. The summed E-state index contributed by atoms with van der Waals surface area (Å²) in [7, 11) is 6.35. The minimum Gasteiger partial charge on any atom is -0.493 e. The monoisotopic (exact) mass is 408 g/mol. The van der Waals surface area contributed by atoms with Gasteiger partial charge < -0.3 is 28.4 Å². The summed E-state index contributed by atoms with van der Waals surface area (Å²) in [6.45, 7) is 0.202. The van der Waals surface area contributed by atoms with Crippen molar-refractivity contribution in [2.75, 3.05) is 35.2 Å². The fourth-order valence-corrected chi connectivity index (χ4v) is 2.95. The Hall–Kier alpha value is -3.64. The molecule has 0 atom stereocenters. The molecule has 0 N–H and O–H groups in total. The van der Waals surface area contributed by atoms with Crippen molar-refractivity contribution in [1.29, 1.82) is 0 Å². The van der Waals surface area contributed by atoms with E-state index in [2.05, 4.69) is 23.7 Å². The van der Waals surface area contributed by atoms with Crippen LogP contribution in [0.2, 0.25) is 0 Å². The van der Waals surface area contributed by atoms with Crippen molar-refractivity contribution >= 4 is 0 Å². The van der Waals surface area contributed by atoms with Gasteiger partial charge in [0.2, 0.25) is 18.3 Å². The van der Waals surface area contributed by atoms with Gasteiger partial charge in [0.25, 0.3) is 0 Å². The van der Waals surface area contributed by atoms with Gasteiger partial charge in [-0.2, -0.15) is 0 Å². The Morgan fingerprint density at radius 2 is 1.30 bits per heavy atom. The molecule has 0 saturated carbocycles. The lowest BCUT2D eigenvalue weighted by Gasteiger charge is -2.12. The van der Waals surface area contributed by atoms with Crippen LogP contribution in [-0.2, 0) is 0 Å². The first-order chi connectivity index (χ1) is 14.7. The van der Waals surface area contributed by atoms with Crippen molar-refractivity contribution in [3.05, 3.63) is 35.4 Å². The van der Waals surface area contributed by atoms with E-state index in [-0.39, 0.29) is 6.79 Å². The molecule has 2 aromatic carbocycles. The maximum atomic E-state index is 5.42. The van der Waals surface area contributed by atoms with E-state index in [1.165, 1.54) is 0 Å². The summed E-state index contributed by atoms with van der Waals surface area (Å²) in [6.07, 6.45) is 2.34. The predicted molar refractivity (Wildman–Crippen MR) is 113 cm³/mol. The van der Waals surface area contributed by atoms with Gasteiger partial charge in [0.1, 0.15) is 0 Å². The second kappa shape index (κ2) is 10.2. The van der Waals surface area contributed by atoms with E-state index in [4.69, 9.17) is 28.4 Å². The van der Waals surface area contributed by atoms with Crippen LogP contribution in [0.3, 0.4) is 0 Å². The summed E-state index contributed by atoms with van der Waals surface area (Å²) in [4.78, 5) is 0. The summed E-state index contributed by atoms with van der Waals surface area (Å²) >= 11 is 0. The van der Waals surface area contributed by atoms with Crippen molar-refractivity contribution in [3.63, 3.8) is 0 Å². The van der Waals surface area contributed by atoms with Crippen molar-refractivity contribution < 1.29 is 28.4 Å². The van der Waals surface area contributed by atoms with Crippen molar-refractivity contribution in [2.45, 2.75) is 19.3 Å². The zero-order valence-electron chi connectivity index (χ0n) is 17.6. The molecule has 0 spiro atoms. The van der Waals surface area contributed by atoms with Crippen LogP contribution in [0.4, 0.5) is 0 Å². The van der Waals surface area contributed by atoms with Crippen molar-refractivity contribution in [3.8, 4) is 58.2 Å². The predicted octanol–water partition coefficient (Wildman–Crippen LogP) is 4.02. The Labute approximate surface area is 177 Å². The Morgan fingerprint density at radius 1 is 0.733 bits per heavy atom. The molecule has 1 aliphatic heterocycles. The minimum atomic E-state index is 0.202.